The monoisotopic (exact) mass is 487 g/mol. The first-order valence-corrected chi connectivity index (χ1v) is 11.3. The summed E-state index contributed by atoms with van der Waals surface area (Å²) < 4.78 is 10.4. The fraction of sp³-hybridized carbons (Fsp3) is 0.179. The van der Waals surface area contributed by atoms with Crippen LogP contribution < -0.4 is 9.64 Å². The molecule has 8 heteroatoms. The SMILES string of the molecule is COc1ccc(/C(O)=C2\C(=O)C(=O)N(c3cccc(C(=O)OC(C)C)c3)C2c2ccc(O)cc2)cc1. The third kappa shape index (κ3) is 4.65. The molecule has 3 aromatic carbocycles. The third-order valence-electron chi connectivity index (χ3n) is 5.72. The second-order valence-corrected chi connectivity index (χ2v) is 8.49. The molecule has 1 atom stereocenters. The molecule has 0 bridgehead atoms. The number of ether oxygens (including phenoxy) is 2. The zero-order chi connectivity index (χ0) is 26.0. The number of phenolic OH excluding ortho intramolecular Hbond substituents is 1. The normalized spacial score (nSPS) is 16.9. The number of hydrogen-bond acceptors (Lipinski definition) is 7. The quantitative estimate of drug-likeness (QED) is 0.226. The number of anilines is 1. The molecule has 36 heavy (non-hydrogen) atoms. The lowest BCUT2D eigenvalue weighted by molar-refractivity contribution is -0.132. The maximum Gasteiger partial charge on any atom is 0.338 e. The predicted octanol–water partition coefficient (Wildman–Crippen LogP) is 4.59. The number of aliphatic hydroxyl groups excluding tert-OH is 1. The van der Waals surface area contributed by atoms with Crippen molar-refractivity contribution in [2.45, 2.75) is 26.0 Å². The largest absolute Gasteiger partial charge is 0.508 e. The van der Waals surface area contributed by atoms with Crippen molar-refractivity contribution in [1.82, 2.24) is 0 Å². The van der Waals surface area contributed by atoms with Gasteiger partial charge >= 0.3 is 5.97 Å². The minimum absolute atomic E-state index is 0.00397. The number of esters is 1. The highest BCUT2D eigenvalue weighted by atomic mass is 16.5. The van der Waals surface area contributed by atoms with E-state index in [0.29, 0.717) is 16.9 Å². The van der Waals surface area contributed by atoms with E-state index in [1.807, 2.05) is 0 Å². The smallest absolute Gasteiger partial charge is 0.338 e. The molecule has 1 saturated heterocycles. The summed E-state index contributed by atoms with van der Waals surface area (Å²) in [7, 11) is 1.51. The molecule has 8 nitrogen and oxygen atoms in total. The summed E-state index contributed by atoms with van der Waals surface area (Å²) in [6.45, 7) is 3.45. The second-order valence-electron chi connectivity index (χ2n) is 8.49. The van der Waals surface area contributed by atoms with Crippen LogP contribution in [0.25, 0.3) is 5.76 Å². The van der Waals surface area contributed by atoms with E-state index in [1.54, 1.807) is 68.4 Å². The highest BCUT2D eigenvalue weighted by Crippen LogP contribution is 2.42. The van der Waals surface area contributed by atoms with E-state index in [1.165, 1.54) is 30.2 Å². The van der Waals surface area contributed by atoms with Crippen molar-refractivity contribution in [3.05, 3.63) is 95.1 Å². The van der Waals surface area contributed by atoms with Gasteiger partial charge in [-0.3, -0.25) is 14.5 Å². The summed E-state index contributed by atoms with van der Waals surface area (Å²) in [6.07, 6.45) is -0.336. The van der Waals surface area contributed by atoms with Crippen molar-refractivity contribution in [1.29, 1.82) is 0 Å². The molecule has 0 spiro atoms. The van der Waals surface area contributed by atoms with Crippen LogP contribution in [-0.2, 0) is 14.3 Å². The number of carbonyl (C=O) groups excluding carboxylic acids is 3. The van der Waals surface area contributed by atoms with Gasteiger partial charge in [-0.15, -0.1) is 0 Å². The van der Waals surface area contributed by atoms with Crippen LogP contribution in [0.4, 0.5) is 5.69 Å². The molecule has 1 unspecified atom stereocenters. The Morgan fingerprint density at radius 2 is 1.61 bits per heavy atom. The summed E-state index contributed by atoms with van der Waals surface area (Å²) in [6, 6.07) is 17.6. The molecule has 0 radical (unpaired) electrons. The van der Waals surface area contributed by atoms with Gasteiger partial charge < -0.3 is 19.7 Å². The van der Waals surface area contributed by atoms with Crippen LogP contribution in [0.3, 0.4) is 0 Å². The molecule has 1 heterocycles. The van der Waals surface area contributed by atoms with Crippen molar-refractivity contribution in [3.63, 3.8) is 0 Å². The number of rotatable bonds is 6. The Morgan fingerprint density at radius 1 is 0.944 bits per heavy atom. The maximum absolute atomic E-state index is 13.3. The number of amides is 1. The van der Waals surface area contributed by atoms with Gasteiger partial charge in [0, 0.05) is 11.3 Å². The van der Waals surface area contributed by atoms with Gasteiger partial charge in [0.25, 0.3) is 11.7 Å². The maximum atomic E-state index is 13.3. The lowest BCUT2D eigenvalue weighted by atomic mass is 9.95. The Balaban J connectivity index is 1.87. The number of benzene rings is 3. The van der Waals surface area contributed by atoms with Gasteiger partial charge in [0.15, 0.2) is 0 Å². The predicted molar refractivity (Wildman–Crippen MR) is 133 cm³/mol. The summed E-state index contributed by atoms with van der Waals surface area (Å²) >= 11 is 0. The topological polar surface area (TPSA) is 113 Å². The summed E-state index contributed by atoms with van der Waals surface area (Å²) in [4.78, 5) is 40.3. The van der Waals surface area contributed by atoms with Crippen molar-refractivity contribution >= 4 is 29.1 Å². The number of Topliss-reactive ketones (excluding diaryl/α,β-unsaturated/α-hetero) is 1. The fourth-order valence-electron chi connectivity index (χ4n) is 4.04. The van der Waals surface area contributed by atoms with Crippen LogP contribution in [0.5, 0.6) is 11.5 Å². The van der Waals surface area contributed by atoms with Crippen molar-refractivity contribution in [2.75, 3.05) is 12.0 Å². The number of nitrogens with zero attached hydrogens (tertiary/aromatic N) is 1. The Kier molecular flexibility index (Phi) is 6.78. The molecule has 1 fully saturated rings. The zero-order valence-corrected chi connectivity index (χ0v) is 20.0. The highest BCUT2D eigenvalue weighted by molar-refractivity contribution is 6.51. The number of methoxy groups -OCH3 is 1. The molecule has 0 aromatic heterocycles. The van der Waals surface area contributed by atoms with Crippen LogP contribution in [0.15, 0.2) is 78.4 Å². The summed E-state index contributed by atoms with van der Waals surface area (Å²) in [5.74, 6) is -2.10. The van der Waals surface area contributed by atoms with E-state index < -0.39 is 23.7 Å². The molecule has 1 amide bonds. The molecule has 4 rings (SSSR count). The van der Waals surface area contributed by atoms with Crippen LogP contribution in [-0.4, -0.2) is 41.1 Å². The van der Waals surface area contributed by atoms with E-state index >= 15 is 0 Å². The Bertz CT molecular complexity index is 1340. The van der Waals surface area contributed by atoms with Crippen LogP contribution in [0.1, 0.15) is 41.4 Å². The van der Waals surface area contributed by atoms with Gasteiger partial charge in [0.2, 0.25) is 0 Å². The summed E-state index contributed by atoms with van der Waals surface area (Å²) in [5.41, 5.74) is 1.18. The number of hydrogen-bond donors (Lipinski definition) is 2. The molecule has 0 saturated carbocycles. The third-order valence-corrected chi connectivity index (χ3v) is 5.72. The Labute approximate surface area is 208 Å². The van der Waals surface area contributed by atoms with Crippen LogP contribution in [0, 0.1) is 0 Å². The average molecular weight is 488 g/mol. The van der Waals surface area contributed by atoms with Gasteiger partial charge in [-0.2, -0.15) is 0 Å². The minimum Gasteiger partial charge on any atom is -0.508 e. The molecule has 3 aromatic rings. The molecule has 1 aliphatic rings. The molecular formula is C28H25NO7. The van der Waals surface area contributed by atoms with Crippen LogP contribution in [0.2, 0.25) is 0 Å². The number of phenols is 1. The number of aliphatic hydroxyl groups is 1. The number of carbonyl (C=O) groups is 3. The first-order chi connectivity index (χ1) is 17.2. The summed E-state index contributed by atoms with van der Waals surface area (Å²) in [5, 5.41) is 21.0. The van der Waals surface area contributed by atoms with Crippen molar-refractivity contribution in [3.8, 4) is 11.5 Å². The van der Waals surface area contributed by atoms with Gasteiger partial charge in [-0.05, 0) is 74.0 Å². The lowest BCUT2D eigenvalue weighted by Crippen LogP contribution is -2.29. The van der Waals surface area contributed by atoms with Crippen molar-refractivity contribution in [2.24, 2.45) is 0 Å². The number of ketones is 1. The fourth-order valence-corrected chi connectivity index (χ4v) is 4.04. The van der Waals surface area contributed by atoms with E-state index in [-0.39, 0.29) is 34.4 Å². The first kappa shape index (κ1) is 24.5. The van der Waals surface area contributed by atoms with Crippen LogP contribution >= 0.6 is 0 Å². The van der Waals surface area contributed by atoms with Gasteiger partial charge in [-0.25, -0.2) is 4.79 Å². The first-order valence-electron chi connectivity index (χ1n) is 11.3. The number of aromatic hydroxyl groups is 1. The molecule has 2 N–H and O–H groups in total. The standard InChI is InChI=1S/C28H25NO7/c1-16(2)36-28(34)19-5-4-6-20(15-19)29-24(17-7-11-21(30)12-8-17)23(26(32)27(29)33)25(31)18-9-13-22(35-3)14-10-18/h4-16,24,30-31H,1-3H3/b25-23+. The molecule has 184 valence electrons. The van der Waals surface area contributed by atoms with E-state index in [9.17, 15) is 24.6 Å². The second kappa shape index (κ2) is 9.95. The molecular weight excluding hydrogens is 462 g/mol. The van der Waals surface area contributed by atoms with Crippen molar-refractivity contribution < 1.29 is 34.1 Å². The van der Waals surface area contributed by atoms with E-state index in [4.69, 9.17) is 9.47 Å². The van der Waals surface area contributed by atoms with Gasteiger partial charge in [-0.1, -0.05) is 18.2 Å². The Morgan fingerprint density at radius 3 is 2.22 bits per heavy atom. The average Bonchev–Trinajstić information content (AvgIpc) is 3.14. The van der Waals surface area contributed by atoms with E-state index in [2.05, 4.69) is 0 Å². The van der Waals surface area contributed by atoms with Gasteiger partial charge in [0.1, 0.15) is 17.3 Å². The minimum atomic E-state index is -1.01. The van der Waals surface area contributed by atoms with Gasteiger partial charge in [0.05, 0.1) is 30.4 Å². The molecule has 1 aliphatic heterocycles. The Hall–Kier alpha value is -4.59. The highest BCUT2D eigenvalue weighted by Gasteiger charge is 2.47. The zero-order valence-electron chi connectivity index (χ0n) is 20.0. The van der Waals surface area contributed by atoms with E-state index in [0.717, 1.165) is 0 Å². The molecule has 0 aliphatic carbocycles. The lowest BCUT2D eigenvalue weighted by Gasteiger charge is -2.26.